The van der Waals surface area contributed by atoms with Crippen LogP contribution in [0.2, 0.25) is 0 Å². The van der Waals surface area contributed by atoms with Crippen molar-refractivity contribution in [3.05, 3.63) is 16.6 Å². The van der Waals surface area contributed by atoms with Gasteiger partial charge in [-0.15, -0.1) is 11.3 Å². The Kier molecular flexibility index (Phi) is 1.68. The number of hydrogen-bond donors (Lipinski definition) is 1. The van der Waals surface area contributed by atoms with Gasteiger partial charge < -0.3 is 5.32 Å². The first kappa shape index (κ1) is 8.41. The largest absolute Gasteiger partial charge is 0.346 e. The number of aromatic nitrogens is 1. The molecule has 0 aromatic carbocycles. The summed E-state index contributed by atoms with van der Waals surface area (Å²) in [7, 11) is 0. The third-order valence-electron chi connectivity index (χ3n) is 3.52. The lowest BCUT2D eigenvalue weighted by atomic mass is 9.70. The zero-order valence-corrected chi connectivity index (χ0v) is 8.64. The Bertz CT molecular complexity index is 354. The molecule has 3 rings (SSSR count). The summed E-state index contributed by atoms with van der Waals surface area (Å²) in [6.07, 6.45) is 4.46. The summed E-state index contributed by atoms with van der Waals surface area (Å²) in [6.45, 7) is 0. The molecule has 3 nitrogen and oxygen atoms in total. The van der Waals surface area contributed by atoms with Gasteiger partial charge in [0.05, 0.1) is 22.7 Å². The minimum absolute atomic E-state index is 0.0892. The van der Waals surface area contributed by atoms with E-state index in [9.17, 15) is 4.79 Å². The Morgan fingerprint density at radius 2 is 2.29 bits per heavy atom. The van der Waals surface area contributed by atoms with Gasteiger partial charge in [-0.25, -0.2) is 4.98 Å². The van der Waals surface area contributed by atoms with E-state index in [-0.39, 0.29) is 17.4 Å². The van der Waals surface area contributed by atoms with E-state index in [1.165, 1.54) is 12.8 Å². The second kappa shape index (κ2) is 2.79. The Morgan fingerprint density at radius 1 is 1.50 bits per heavy atom. The van der Waals surface area contributed by atoms with Gasteiger partial charge in [-0.05, 0) is 12.8 Å². The molecule has 2 heterocycles. The predicted molar refractivity (Wildman–Crippen MR) is 53.9 cm³/mol. The molecule has 1 atom stereocenters. The van der Waals surface area contributed by atoms with E-state index in [2.05, 4.69) is 10.3 Å². The van der Waals surface area contributed by atoms with Gasteiger partial charge in [0.15, 0.2) is 0 Å². The highest BCUT2D eigenvalue weighted by atomic mass is 32.1. The molecule has 2 fully saturated rings. The number of nitrogens with zero attached hydrogens (tertiary/aromatic N) is 1. The fourth-order valence-electron chi connectivity index (χ4n) is 2.71. The molecule has 2 aliphatic rings. The molecule has 14 heavy (non-hydrogen) atoms. The SMILES string of the molecule is O=C1NC(c2cscn2)C12CCCC2. The molecule has 0 radical (unpaired) electrons. The summed E-state index contributed by atoms with van der Waals surface area (Å²) >= 11 is 1.60. The zero-order valence-electron chi connectivity index (χ0n) is 7.82. The molecular formula is C10H12N2OS. The van der Waals surface area contributed by atoms with Crippen molar-refractivity contribution in [2.24, 2.45) is 5.41 Å². The molecule has 1 aliphatic heterocycles. The van der Waals surface area contributed by atoms with Crippen molar-refractivity contribution >= 4 is 17.2 Å². The third-order valence-corrected chi connectivity index (χ3v) is 4.13. The van der Waals surface area contributed by atoms with E-state index >= 15 is 0 Å². The molecule has 1 aromatic heterocycles. The number of β-lactam (4-membered cyclic amide) rings is 1. The number of hydrogen-bond acceptors (Lipinski definition) is 3. The van der Waals surface area contributed by atoms with E-state index in [1.807, 2.05) is 10.9 Å². The quantitative estimate of drug-likeness (QED) is 0.716. The standard InChI is InChI=1S/C10H12N2OS/c13-9-10(3-1-2-4-10)8(12-9)7-5-14-6-11-7/h5-6,8H,1-4H2,(H,12,13). The van der Waals surface area contributed by atoms with Gasteiger partial charge in [-0.3, -0.25) is 4.79 Å². The van der Waals surface area contributed by atoms with Crippen molar-refractivity contribution < 1.29 is 4.79 Å². The molecule has 1 amide bonds. The predicted octanol–water partition coefficient (Wildman–Crippen LogP) is 1.87. The lowest BCUT2D eigenvalue weighted by molar-refractivity contribution is -0.146. The Morgan fingerprint density at radius 3 is 2.86 bits per heavy atom. The maximum Gasteiger partial charge on any atom is 0.229 e. The van der Waals surface area contributed by atoms with E-state index < -0.39 is 0 Å². The lowest BCUT2D eigenvalue weighted by Crippen LogP contribution is -2.59. The fourth-order valence-corrected chi connectivity index (χ4v) is 3.29. The molecule has 1 saturated heterocycles. The van der Waals surface area contributed by atoms with Crippen molar-refractivity contribution in [2.75, 3.05) is 0 Å². The first-order valence-corrected chi connectivity index (χ1v) is 5.96. The minimum Gasteiger partial charge on any atom is -0.346 e. The molecule has 4 heteroatoms. The summed E-state index contributed by atoms with van der Waals surface area (Å²) in [4.78, 5) is 15.9. The van der Waals surface area contributed by atoms with Crippen LogP contribution in [0.3, 0.4) is 0 Å². The van der Waals surface area contributed by atoms with Crippen LogP contribution in [0.1, 0.15) is 37.4 Å². The van der Waals surface area contributed by atoms with Gasteiger partial charge in [0, 0.05) is 5.38 Å². The van der Waals surface area contributed by atoms with Crippen LogP contribution in [-0.2, 0) is 4.79 Å². The average molecular weight is 208 g/mol. The summed E-state index contributed by atoms with van der Waals surface area (Å²) in [5.74, 6) is 0.244. The van der Waals surface area contributed by atoms with E-state index in [1.54, 1.807) is 11.3 Å². The molecule has 1 spiro atoms. The zero-order chi connectivity index (χ0) is 9.60. The van der Waals surface area contributed by atoms with Crippen LogP contribution in [0, 0.1) is 5.41 Å². The van der Waals surface area contributed by atoms with Crippen molar-refractivity contribution in [2.45, 2.75) is 31.7 Å². The number of carbonyl (C=O) groups excluding carboxylic acids is 1. The maximum atomic E-state index is 11.6. The normalized spacial score (nSPS) is 28.9. The van der Waals surface area contributed by atoms with Crippen molar-refractivity contribution in [1.29, 1.82) is 0 Å². The molecule has 1 aliphatic carbocycles. The number of rotatable bonds is 1. The van der Waals surface area contributed by atoms with E-state index in [0.717, 1.165) is 18.5 Å². The van der Waals surface area contributed by atoms with Crippen LogP contribution in [-0.4, -0.2) is 10.9 Å². The van der Waals surface area contributed by atoms with Crippen LogP contribution in [0.4, 0.5) is 0 Å². The molecule has 1 unspecified atom stereocenters. The third kappa shape index (κ3) is 0.919. The monoisotopic (exact) mass is 208 g/mol. The minimum atomic E-state index is -0.0892. The molecule has 1 N–H and O–H groups in total. The first-order chi connectivity index (χ1) is 6.83. The van der Waals surface area contributed by atoms with Gasteiger partial charge >= 0.3 is 0 Å². The number of carbonyl (C=O) groups is 1. The highest BCUT2D eigenvalue weighted by Gasteiger charge is 2.57. The first-order valence-electron chi connectivity index (χ1n) is 5.02. The summed E-state index contributed by atoms with van der Waals surface area (Å²) in [6, 6.07) is 0.198. The number of nitrogens with one attached hydrogen (secondary N) is 1. The van der Waals surface area contributed by atoms with Gasteiger partial charge in [0.1, 0.15) is 0 Å². The Hall–Kier alpha value is -0.900. The maximum absolute atomic E-state index is 11.6. The fraction of sp³-hybridized carbons (Fsp3) is 0.600. The van der Waals surface area contributed by atoms with Crippen LogP contribution >= 0.6 is 11.3 Å². The molecule has 1 saturated carbocycles. The van der Waals surface area contributed by atoms with Crippen LogP contribution < -0.4 is 5.32 Å². The van der Waals surface area contributed by atoms with Gasteiger partial charge in [-0.1, -0.05) is 12.8 Å². The van der Waals surface area contributed by atoms with Gasteiger partial charge in [-0.2, -0.15) is 0 Å². The van der Waals surface area contributed by atoms with Gasteiger partial charge in [0.25, 0.3) is 0 Å². The van der Waals surface area contributed by atoms with E-state index in [0.29, 0.717) is 0 Å². The average Bonchev–Trinajstić information content (AvgIpc) is 2.85. The smallest absolute Gasteiger partial charge is 0.229 e. The topological polar surface area (TPSA) is 42.0 Å². The molecule has 0 bridgehead atoms. The highest BCUT2D eigenvalue weighted by Crippen LogP contribution is 2.53. The lowest BCUT2D eigenvalue weighted by Gasteiger charge is -2.45. The Labute approximate surface area is 86.5 Å². The number of thiazole rings is 1. The second-order valence-electron chi connectivity index (χ2n) is 4.18. The van der Waals surface area contributed by atoms with Crippen molar-refractivity contribution in [1.82, 2.24) is 10.3 Å². The molecular weight excluding hydrogens is 196 g/mol. The second-order valence-corrected chi connectivity index (χ2v) is 4.90. The van der Waals surface area contributed by atoms with Crippen LogP contribution in [0.5, 0.6) is 0 Å². The number of amides is 1. The van der Waals surface area contributed by atoms with E-state index in [4.69, 9.17) is 0 Å². The van der Waals surface area contributed by atoms with Crippen molar-refractivity contribution in [3.63, 3.8) is 0 Å². The Balaban J connectivity index is 1.93. The summed E-state index contributed by atoms with van der Waals surface area (Å²) in [5, 5.41) is 5.03. The van der Waals surface area contributed by atoms with Crippen LogP contribution in [0.25, 0.3) is 0 Å². The molecule has 1 aromatic rings. The van der Waals surface area contributed by atoms with Gasteiger partial charge in [0.2, 0.25) is 5.91 Å². The highest BCUT2D eigenvalue weighted by molar-refractivity contribution is 7.07. The van der Waals surface area contributed by atoms with Crippen molar-refractivity contribution in [3.8, 4) is 0 Å². The molecule has 74 valence electrons. The summed E-state index contributed by atoms with van der Waals surface area (Å²) in [5.41, 5.74) is 2.80. The summed E-state index contributed by atoms with van der Waals surface area (Å²) < 4.78 is 0. The van der Waals surface area contributed by atoms with Crippen LogP contribution in [0.15, 0.2) is 10.9 Å².